The minimum Gasteiger partial charge on any atom is -0.379 e. The number of benzene rings is 1. The number of aromatic nitrogens is 3. The Labute approximate surface area is 194 Å². The maximum atomic E-state index is 13.7. The smallest absolute Gasteiger partial charge is 0.256 e. The zero-order valence-electron chi connectivity index (χ0n) is 19.4. The van der Waals surface area contributed by atoms with Crippen molar-refractivity contribution in [3.05, 3.63) is 63.6 Å². The van der Waals surface area contributed by atoms with E-state index in [4.69, 9.17) is 9.72 Å². The summed E-state index contributed by atoms with van der Waals surface area (Å²) in [5, 5.41) is 4.30. The molecule has 0 amide bonds. The van der Waals surface area contributed by atoms with Crippen molar-refractivity contribution < 1.29 is 4.74 Å². The maximum Gasteiger partial charge on any atom is 0.256 e. The summed E-state index contributed by atoms with van der Waals surface area (Å²) in [5.74, 6) is 0.591. The van der Waals surface area contributed by atoms with Crippen molar-refractivity contribution in [2.75, 3.05) is 44.7 Å². The molecule has 0 spiro atoms. The van der Waals surface area contributed by atoms with Crippen LogP contribution in [-0.4, -0.2) is 58.8 Å². The number of nitrogens with zero attached hydrogens (tertiary/aromatic N) is 4. The Bertz CT molecular complexity index is 1160. The Balaban J connectivity index is 1.45. The van der Waals surface area contributed by atoms with E-state index >= 15 is 0 Å². The molecule has 33 heavy (non-hydrogen) atoms. The third kappa shape index (κ3) is 4.94. The van der Waals surface area contributed by atoms with E-state index < -0.39 is 0 Å². The topological polar surface area (TPSA) is 72.3 Å². The van der Waals surface area contributed by atoms with Gasteiger partial charge in [-0.05, 0) is 37.0 Å². The van der Waals surface area contributed by atoms with Crippen LogP contribution in [0.4, 0.5) is 5.95 Å². The molecule has 1 aliphatic heterocycles. The van der Waals surface area contributed by atoms with Crippen molar-refractivity contribution >= 4 is 17.0 Å². The summed E-state index contributed by atoms with van der Waals surface area (Å²) >= 11 is 0. The van der Waals surface area contributed by atoms with Gasteiger partial charge in [0.05, 0.1) is 13.2 Å². The van der Waals surface area contributed by atoms with E-state index in [1.54, 1.807) is 0 Å². The molecule has 0 unspecified atom stereocenters. The predicted octanol–water partition coefficient (Wildman–Crippen LogP) is 3.55. The summed E-state index contributed by atoms with van der Waals surface area (Å²) in [6.45, 7) is 7.32. The SMILES string of the molecule is Cc1ccccc1Cc1cc2cnc(NCCN3CCOCC3)nc2n(C2CCCC2)c1=O. The molecule has 3 aromatic rings. The van der Waals surface area contributed by atoms with E-state index in [-0.39, 0.29) is 11.6 Å². The van der Waals surface area contributed by atoms with Gasteiger partial charge in [0, 0.05) is 55.8 Å². The van der Waals surface area contributed by atoms with Crippen LogP contribution in [0.3, 0.4) is 0 Å². The highest BCUT2D eigenvalue weighted by Crippen LogP contribution is 2.31. The zero-order chi connectivity index (χ0) is 22.6. The number of anilines is 1. The molecule has 3 heterocycles. The van der Waals surface area contributed by atoms with Crippen LogP contribution in [0.15, 0.2) is 41.3 Å². The van der Waals surface area contributed by atoms with E-state index in [0.29, 0.717) is 12.4 Å². The molecule has 1 saturated carbocycles. The lowest BCUT2D eigenvalue weighted by atomic mass is 10.0. The van der Waals surface area contributed by atoms with Crippen molar-refractivity contribution in [1.82, 2.24) is 19.4 Å². The third-order valence-electron chi connectivity index (χ3n) is 6.99. The number of hydrogen-bond donors (Lipinski definition) is 1. The first kappa shape index (κ1) is 22.0. The van der Waals surface area contributed by atoms with Crippen molar-refractivity contribution in [2.24, 2.45) is 0 Å². The quantitative estimate of drug-likeness (QED) is 0.597. The number of aryl methyl sites for hydroxylation is 1. The maximum absolute atomic E-state index is 13.7. The Morgan fingerprint density at radius 2 is 1.91 bits per heavy atom. The van der Waals surface area contributed by atoms with Gasteiger partial charge in [-0.1, -0.05) is 37.1 Å². The number of fused-ring (bicyclic) bond motifs is 1. The molecule has 2 fully saturated rings. The number of rotatable bonds is 7. The molecule has 7 nitrogen and oxygen atoms in total. The van der Waals surface area contributed by atoms with Gasteiger partial charge in [-0.2, -0.15) is 4.98 Å². The molecule has 0 bridgehead atoms. The van der Waals surface area contributed by atoms with E-state index in [1.807, 2.05) is 29.0 Å². The fourth-order valence-electron chi connectivity index (χ4n) is 5.05. The molecule has 1 N–H and O–H groups in total. The molecule has 2 aromatic heterocycles. The Kier molecular flexibility index (Phi) is 6.69. The van der Waals surface area contributed by atoms with Crippen molar-refractivity contribution in [1.29, 1.82) is 0 Å². The number of hydrogen-bond acceptors (Lipinski definition) is 6. The summed E-state index contributed by atoms with van der Waals surface area (Å²) in [7, 11) is 0. The monoisotopic (exact) mass is 447 g/mol. The largest absolute Gasteiger partial charge is 0.379 e. The minimum atomic E-state index is 0.0932. The van der Waals surface area contributed by atoms with E-state index in [0.717, 1.165) is 81.7 Å². The Hall–Kier alpha value is -2.77. The van der Waals surface area contributed by atoms with Gasteiger partial charge < -0.3 is 10.1 Å². The molecule has 174 valence electrons. The van der Waals surface area contributed by atoms with Gasteiger partial charge in [0.2, 0.25) is 5.95 Å². The van der Waals surface area contributed by atoms with E-state index in [1.165, 1.54) is 11.1 Å². The van der Waals surface area contributed by atoms with Gasteiger partial charge in [-0.15, -0.1) is 0 Å². The number of morpholine rings is 1. The second kappa shape index (κ2) is 10.0. The average molecular weight is 448 g/mol. The summed E-state index contributed by atoms with van der Waals surface area (Å²) in [4.78, 5) is 25.5. The lowest BCUT2D eigenvalue weighted by Crippen LogP contribution is -2.39. The van der Waals surface area contributed by atoms with Crippen LogP contribution >= 0.6 is 0 Å². The van der Waals surface area contributed by atoms with Gasteiger partial charge in [0.1, 0.15) is 5.65 Å². The number of nitrogens with one attached hydrogen (secondary N) is 1. The molecular formula is C26H33N5O2. The standard InChI is InChI=1S/C26H33N5O2/c1-19-6-2-3-7-20(19)16-21-17-22-18-28-26(27-10-11-30-12-14-33-15-13-30)29-24(22)31(25(21)32)23-8-4-5-9-23/h2-3,6-7,17-18,23H,4-5,8-16H2,1H3,(H,27,28,29). The lowest BCUT2D eigenvalue weighted by Gasteiger charge is -2.26. The van der Waals surface area contributed by atoms with Crippen LogP contribution in [0.2, 0.25) is 0 Å². The molecule has 1 aliphatic carbocycles. The van der Waals surface area contributed by atoms with Gasteiger partial charge in [-0.25, -0.2) is 4.98 Å². The fraction of sp³-hybridized carbons (Fsp3) is 0.500. The first-order chi connectivity index (χ1) is 16.2. The van der Waals surface area contributed by atoms with Crippen LogP contribution < -0.4 is 10.9 Å². The molecule has 0 radical (unpaired) electrons. The second-order valence-corrected chi connectivity index (χ2v) is 9.24. The highest BCUT2D eigenvalue weighted by molar-refractivity contribution is 5.76. The molecule has 2 aliphatic rings. The summed E-state index contributed by atoms with van der Waals surface area (Å²) < 4.78 is 7.38. The zero-order valence-corrected chi connectivity index (χ0v) is 19.4. The summed E-state index contributed by atoms with van der Waals surface area (Å²) in [5.41, 5.74) is 4.06. The average Bonchev–Trinajstić information content (AvgIpc) is 3.36. The molecule has 1 saturated heterocycles. The fourth-order valence-corrected chi connectivity index (χ4v) is 5.05. The third-order valence-corrected chi connectivity index (χ3v) is 6.99. The summed E-state index contributed by atoms with van der Waals surface area (Å²) in [6, 6.07) is 10.5. The molecular weight excluding hydrogens is 414 g/mol. The van der Waals surface area contributed by atoms with Crippen LogP contribution in [0.1, 0.15) is 48.4 Å². The molecule has 0 atom stereocenters. The highest BCUT2D eigenvalue weighted by Gasteiger charge is 2.23. The summed E-state index contributed by atoms with van der Waals surface area (Å²) in [6.07, 6.45) is 6.89. The van der Waals surface area contributed by atoms with Gasteiger partial charge >= 0.3 is 0 Å². The number of pyridine rings is 1. The van der Waals surface area contributed by atoms with Gasteiger partial charge in [0.15, 0.2) is 0 Å². The molecule has 1 aromatic carbocycles. The van der Waals surface area contributed by atoms with E-state index in [2.05, 4.69) is 34.3 Å². The van der Waals surface area contributed by atoms with Crippen LogP contribution in [0.25, 0.3) is 11.0 Å². The van der Waals surface area contributed by atoms with Crippen molar-refractivity contribution in [3.8, 4) is 0 Å². The molecule has 5 rings (SSSR count). The minimum absolute atomic E-state index is 0.0932. The van der Waals surface area contributed by atoms with Crippen LogP contribution in [0, 0.1) is 6.92 Å². The van der Waals surface area contributed by atoms with Gasteiger partial charge in [-0.3, -0.25) is 14.3 Å². The predicted molar refractivity (Wildman–Crippen MR) is 131 cm³/mol. The highest BCUT2D eigenvalue weighted by atomic mass is 16.5. The van der Waals surface area contributed by atoms with Crippen LogP contribution in [-0.2, 0) is 11.2 Å². The molecule has 7 heteroatoms. The number of ether oxygens (including phenoxy) is 1. The second-order valence-electron chi connectivity index (χ2n) is 9.24. The van der Waals surface area contributed by atoms with Crippen molar-refractivity contribution in [3.63, 3.8) is 0 Å². The van der Waals surface area contributed by atoms with E-state index in [9.17, 15) is 4.79 Å². The first-order valence-corrected chi connectivity index (χ1v) is 12.2. The Morgan fingerprint density at radius 3 is 2.70 bits per heavy atom. The lowest BCUT2D eigenvalue weighted by molar-refractivity contribution is 0.0398. The van der Waals surface area contributed by atoms with Crippen molar-refractivity contribution in [2.45, 2.75) is 45.1 Å². The Morgan fingerprint density at radius 1 is 1.12 bits per heavy atom. The van der Waals surface area contributed by atoms with Crippen LogP contribution in [0.5, 0.6) is 0 Å². The normalized spacial score (nSPS) is 17.6. The first-order valence-electron chi connectivity index (χ1n) is 12.2. The van der Waals surface area contributed by atoms with Gasteiger partial charge in [0.25, 0.3) is 5.56 Å².